The van der Waals surface area contributed by atoms with Gasteiger partial charge in [0.15, 0.2) is 4.90 Å². The molecule has 0 aliphatic rings. The summed E-state index contributed by atoms with van der Waals surface area (Å²) in [4.78, 5) is 11.2. The largest absolute Gasteiger partial charge is 0.324 e. The molecule has 0 heterocycles. The van der Waals surface area contributed by atoms with Gasteiger partial charge < -0.3 is 0 Å². The van der Waals surface area contributed by atoms with Crippen LogP contribution in [0.3, 0.4) is 0 Å². The van der Waals surface area contributed by atoms with Crippen LogP contribution in [0, 0.1) is 15.9 Å². The van der Waals surface area contributed by atoms with Crippen molar-refractivity contribution >= 4 is 15.7 Å². The molecule has 0 bridgehead atoms. The van der Waals surface area contributed by atoms with E-state index in [0.717, 1.165) is 18.2 Å². The summed E-state index contributed by atoms with van der Waals surface area (Å²) in [6, 6.07) is 2.75. The van der Waals surface area contributed by atoms with Gasteiger partial charge in [0.05, 0.1) is 4.92 Å². The number of nitrogens with zero attached hydrogens (tertiary/aromatic N) is 4. The minimum Gasteiger partial charge on any atom is -0.258 e. The lowest BCUT2D eigenvalue weighted by molar-refractivity contribution is -0.390. The van der Waals surface area contributed by atoms with Gasteiger partial charge in [-0.3, -0.25) is 10.1 Å². The predicted octanol–water partition coefficient (Wildman–Crippen LogP) is 1.32. The van der Waals surface area contributed by atoms with Crippen LogP contribution in [0.5, 0.6) is 0 Å². The molecule has 0 saturated carbocycles. The van der Waals surface area contributed by atoms with Crippen molar-refractivity contribution in [3.05, 3.63) is 44.6 Å². The fourth-order valence-electron chi connectivity index (χ4n) is 1.24. The molecule has 0 spiro atoms. The Balaban J connectivity index is 3.11. The van der Waals surface area contributed by atoms with Gasteiger partial charge in [0, 0.05) is 18.0 Å². The molecule has 0 atom stereocenters. The van der Waals surface area contributed by atoms with E-state index in [9.17, 15) is 22.9 Å². The smallest absolute Gasteiger partial charge is 0.258 e. The number of benzene rings is 1. The number of para-hydroxylation sites is 1. The number of halogens is 1. The van der Waals surface area contributed by atoms with Crippen molar-refractivity contribution in [1.82, 2.24) is 4.72 Å². The summed E-state index contributed by atoms with van der Waals surface area (Å²) >= 11 is 0. The van der Waals surface area contributed by atoms with E-state index in [1.54, 1.807) is 0 Å². The van der Waals surface area contributed by atoms with Gasteiger partial charge in [-0.05, 0) is 17.7 Å². The highest BCUT2D eigenvalue weighted by Gasteiger charge is 2.28. The second kappa shape index (κ2) is 6.09. The van der Waals surface area contributed by atoms with Crippen LogP contribution < -0.4 is 4.72 Å². The van der Waals surface area contributed by atoms with Gasteiger partial charge >= 0.3 is 5.69 Å². The third kappa shape index (κ3) is 3.61. The summed E-state index contributed by atoms with van der Waals surface area (Å²) in [6.45, 7) is -0.418. The average molecular weight is 289 g/mol. The van der Waals surface area contributed by atoms with Crippen LogP contribution in [0.25, 0.3) is 10.4 Å². The quantitative estimate of drug-likeness (QED) is 0.211. The Hall–Kier alpha value is -2.23. The molecule has 1 aromatic rings. The van der Waals surface area contributed by atoms with Crippen molar-refractivity contribution < 1.29 is 17.7 Å². The molecular weight excluding hydrogens is 281 g/mol. The second-order valence-electron chi connectivity index (χ2n) is 3.20. The van der Waals surface area contributed by atoms with Gasteiger partial charge in [0.25, 0.3) is 0 Å². The second-order valence-corrected chi connectivity index (χ2v) is 4.93. The molecular formula is C8H8FN5O4S. The van der Waals surface area contributed by atoms with Crippen LogP contribution in [-0.4, -0.2) is 26.4 Å². The number of nitro groups is 1. The van der Waals surface area contributed by atoms with E-state index in [2.05, 4.69) is 10.0 Å². The third-order valence-corrected chi connectivity index (χ3v) is 3.48. The Morgan fingerprint density at radius 2 is 2.21 bits per heavy atom. The average Bonchev–Trinajstić information content (AvgIpc) is 2.34. The standard InChI is InChI=1S/C8H8FN5O4S/c9-6-2-1-3-7(8(6)14(15)16)19(17,18)12-5-4-11-13-10/h1-3,12H,4-5H2. The summed E-state index contributed by atoms with van der Waals surface area (Å²) < 4.78 is 38.8. The van der Waals surface area contributed by atoms with Crippen molar-refractivity contribution in [3.8, 4) is 0 Å². The molecule has 0 aliphatic heterocycles. The van der Waals surface area contributed by atoms with Crippen molar-refractivity contribution in [3.63, 3.8) is 0 Å². The predicted molar refractivity (Wildman–Crippen MR) is 62.3 cm³/mol. The van der Waals surface area contributed by atoms with Crippen LogP contribution in [0.1, 0.15) is 0 Å². The number of azide groups is 1. The van der Waals surface area contributed by atoms with Crippen LogP contribution >= 0.6 is 0 Å². The molecule has 102 valence electrons. The number of nitrogens with one attached hydrogen (secondary N) is 1. The number of hydrogen-bond acceptors (Lipinski definition) is 5. The Morgan fingerprint density at radius 3 is 2.79 bits per heavy atom. The summed E-state index contributed by atoms with van der Waals surface area (Å²) in [5.74, 6) is -1.25. The molecule has 0 unspecified atom stereocenters. The Kier molecular flexibility index (Phi) is 4.75. The van der Waals surface area contributed by atoms with E-state index in [0.29, 0.717) is 0 Å². The molecule has 0 saturated heterocycles. The minimum absolute atomic E-state index is 0.168. The molecule has 19 heavy (non-hydrogen) atoms. The Bertz CT molecular complexity index is 641. The topological polar surface area (TPSA) is 138 Å². The van der Waals surface area contributed by atoms with Crippen molar-refractivity contribution in [1.29, 1.82) is 0 Å². The maximum absolute atomic E-state index is 13.3. The molecule has 1 N–H and O–H groups in total. The lowest BCUT2D eigenvalue weighted by atomic mass is 10.3. The van der Waals surface area contributed by atoms with E-state index in [-0.39, 0.29) is 13.1 Å². The van der Waals surface area contributed by atoms with Gasteiger partial charge in [0.1, 0.15) is 0 Å². The van der Waals surface area contributed by atoms with Gasteiger partial charge in [-0.2, -0.15) is 4.39 Å². The Morgan fingerprint density at radius 1 is 1.53 bits per heavy atom. The zero-order valence-corrected chi connectivity index (χ0v) is 10.2. The zero-order valence-electron chi connectivity index (χ0n) is 9.35. The first-order chi connectivity index (χ1) is 8.90. The highest BCUT2D eigenvalue weighted by atomic mass is 32.2. The maximum atomic E-state index is 13.3. The minimum atomic E-state index is -4.25. The molecule has 1 rings (SSSR count). The lowest BCUT2D eigenvalue weighted by Crippen LogP contribution is -2.27. The first-order valence-electron chi connectivity index (χ1n) is 4.83. The molecule has 0 amide bonds. The van der Waals surface area contributed by atoms with Gasteiger partial charge in [-0.1, -0.05) is 11.2 Å². The molecule has 0 radical (unpaired) electrons. The highest BCUT2D eigenvalue weighted by Crippen LogP contribution is 2.26. The first kappa shape index (κ1) is 14.8. The maximum Gasteiger partial charge on any atom is 0.324 e. The molecule has 0 fully saturated rings. The lowest BCUT2D eigenvalue weighted by Gasteiger charge is -2.06. The number of hydrogen-bond donors (Lipinski definition) is 1. The molecule has 0 aromatic heterocycles. The van der Waals surface area contributed by atoms with E-state index in [1.807, 2.05) is 4.72 Å². The van der Waals surface area contributed by atoms with E-state index >= 15 is 0 Å². The van der Waals surface area contributed by atoms with Crippen molar-refractivity contribution in [2.24, 2.45) is 5.11 Å². The number of nitro benzene ring substituents is 1. The van der Waals surface area contributed by atoms with Crippen LogP contribution in [-0.2, 0) is 10.0 Å². The van der Waals surface area contributed by atoms with Crippen molar-refractivity contribution in [2.45, 2.75) is 4.90 Å². The van der Waals surface area contributed by atoms with Crippen molar-refractivity contribution in [2.75, 3.05) is 13.1 Å². The van der Waals surface area contributed by atoms with Gasteiger partial charge in [0.2, 0.25) is 15.8 Å². The van der Waals surface area contributed by atoms with Gasteiger partial charge in [-0.25, -0.2) is 13.1 Å². The highest BCUT2D eigenvalue weighted by molar-refractivity contribution is 7.89. The zero-order chi connectivity index (χ0) is 14.5. The molecule has 1 aromatic carbocycles. The molecule has 9 nitrogen and oxygen atoms in total. The summed E-state index contributed by atoms with van der Waals surface area (Å²) in [7, 11) is -4.25. The summed E-state index contributed by atoms with van der Waals surface area (Å²) in [5, 5.41) is 13.8. The van der Waals surface area contributed by atoms with Gasteiger partial charge in [-0.15, -0.1) is 0 Å². The van der Waals surface area contributed by atoms with Crippen LogP contribution in [0.15, 0.2) is 28.2 Å². The summed E-state index contributed by atoms with van der Waals surface area (Å²) in [6.07, 6.45) is 0. The fraction of sp³-hybridized carbons (Fsp3) is 0.250. The summed E-state index contributed by atoms with van der Waals surface area (Å²) in [5.41, 5.74) is 6.88. The fourth-order valence-corrected chi connectivity index (χ4v) is 2.44. The SMILES string of the molecule is [N-]=[N+]=NCCNS(=O)(=O)c1cccc(F)c1[N+](=O)[O-]. The van der Waals surface area contributed by atoms with E-state index in [4.69, 9.17) is 5.53 Å². The number of rotatable bonds is 6. The third-order valence-electron chi connectivity index (χ3n) is 1.99. The first-order valence-corrected chi connectivity index (χ1v) is 6.32. The van der Waals surface area contributed by atoms with Crippen LogP contribution in [0.4, 0.5) is 10.1 Å². The molecule has 11 heteroatoms. The Labute approximate surface area is 106 Å². The monoisotopic (exact) mass is 289 g/mol. The van der Waals surface area contributed by atoms with E-state index < -0.39 is 31.3 Å². The van der Waals surface area contributed by atoms with Crippen LogP contribution in [0.2, 0.25) is 0 Å². The van der Waals surface area contributed by atoms with E-state index in [1.165, 1.54) is 0 Å². The molecule has 0 aliphatic carbocycles. The normalized spacial score (nSPS) is 10.8. The number of sulfonamides is 1.